The number of rotatable bonds is 4. The Kier molecular flexibility index (Phi) is 4.84. The van der Waals surface area contributed by atoms with Gasteiger partial charge in [0.05, 0.1) is 16.1 Å². The first-order valence-corrected chi connectivity index (χ1v) is 9.29. The first-order valence-electron chi connectivity index (χ1n) is 7.22. The molecule has 0 radical (unpaired) electrons. The van der Waals surface area contributed by atoms with Gasteiger partial charge in [-0.15, -0.1) is 11.3 Å². The number of piperidine rings is 1. The minimum atomic E-state index is 0.760. The van der Waals surface area contributed by atoms with Gasteiger partial charge in [0, 0.05) is 25.0 Å². The zero-order chi connectivity index (χ0) is 14.8. The van der Waals surface area contributed by atoms with Crippen LogP contribution in [0.2, 0.25) is 5.02 Å². The van der Waals surface area contributed by atoms with E-state index in [4.69, 9.17) is 11.6 Å². The first-order chi connectivity index (χ1) is 10.1. The molecule has 1 unspecified atom stereocenters. The van der Waals surface area contributed by atoms with Crippen LogP contribution in [0.1, 0.15) is 12.8 Å². The number of aromatic nitrogens is 1. The zero-order valence-electron chi connectivity index (χ0n) is 12.4. The molecule has 1 fully saturated rings. The van der Waals surface area contributed by atoms with Crippen LogP contribution in [0.5, 0.6) is 0 Å². The molecule has 6 heteroatoms. The molecule has 1 aliphatic rings. The lowest BCUT2D eigenvalue weighted by Crippen LogP contribution is -2.39. The number of hydrogen-bond donors (Lipinski definition) is 0. The van der Waals surface area contributed by atoms with Crippen molar-refractivity contribution in [3.8, 4) is 9.88 Å². The van der Waals surface area contributed by atoms with Gasteiger partial charge in [-0.2, -0.15) is 0 Å². The van der Waals surface area contributed by atoms with Crippen molar-refractivity contribution < 1.29 is 0 Å². The van der Waals surface area contributed by atoms with Crippen LogP contribution in [0.25, 0.3) is 9.88 Å². The lowest BCUT2D eigenvalue weighted by atomic mass is 9.98. The molecule has 114 valence electrons. The van der Waals surface area contributed by atoms with Crippen molar-refractivity contribution in [3.63, 3.8) is 0 Å². The molecule has 2 aromatic heterocycles. The standard InChI is InChI=1S/C15H20ClN3S2/c1-18(2)8-11-4-3-5-19(9-11)14-7-17-15(21-14)13-6-12(16)10-20-13/h6-7,10-11H,3-5,8-9H2,1-2H3. The SMILES string of the molecule is CN(C)CC1CCCN(c2cnc(-c3cc(Cl)cs3)s2)C1. The number of thiophene rings is 1. The average molecular weight is 342 g/mol. The summed E-state index contributed by atoms with van der Waals surface area (Å²) in [5.74, 6) is 0.760. The molecule has 0 aliphatic carbocycles. The van der Waals surface area contributed by atoms with Gasteiger partial charge >= 0.3 is 0 Å². The summed E-state index contributed by atoms with van der Waals surface area (Å²) in [4.78, 5) is 10.5. The largest absolute Gasteiger partial charge is 0.362 e. The summed E-state index contributed by atoms with van der Waals surface area (Å²) in [6.07, 6.45) is 4.63. The van der Waals surface area contributed by atoms with Gasteiger partial charge in [0.25, 0.3) is 0 Å². The van der Waals surface area contributed by atoms with Gasteiger partial charge < -0.3 is 9.80 Å². The van der Waals surface area contributed by atoms with E-state index in [1.807, 2.05) is 17.6 Å². The highest BCUT2D eigenvalue weighted by atomic mass is 35.5. The molecule has 1 atom stereocenters. The molecule has 0 bridgehead atoms. The smallest absolute Gasteiger partial charge is 0.135 e. The average Bonchev–Trinajstić information content (AvgIpc) is 3.06. The quantitative estimate of drug-likeness (QED) is 0.826. The molecule has 0 N–H and O–H groups in total. The van der Waals surface area contributed by atoms with Crippen LogP contribution in [-0.2, 0) is 0 Å². The van der Waals surface area contributed by atoms with E-state index in [0.29, 0.717) is 0 Å². The maximum absolute atomic E-state index is 6.01. The van der Waals surface area contributed by atoms with Crippen molar-refractivity contribution in [2.75, 3.05) is 38.6 Å². The monoisotopic (exact) mass is 341 g/mol. The van der Waals surface area contributed by atoms with E-state index in [1.165, 1.54) is 24.4 Å². The highest BCUT2D eigenvalue weighted by Crippen LogP contribution is 2.36. The van der Waals surface area contributed by atoms with Crippen LogP contribution < -0.4 is 4.90 Å². The molecule has 3 rings (SSSR count). The summed E-state index contributed by atoms with van der Waals surface area (Å²) >= 11 is 9.45. The molecule has 0 aromatic carbocycles. The summed E-state index contributed by atoms with van der Waals surface area (Å²) in [7, 11) is 4.31. The Hall–Kier alpha value is -0.620. The van der Waals surface area contributed by atoms with Crippen molar-refractivity contribution in [2.45, 2.75) is 12.8 Å². The molecular formula is C15H20ClN3S2. The predicted octanol–water partition coefficient (Wildman–Crippen LogP) is 4.30. The molecule has 0 saturated carbocycles. The van der Waals surface area contributed by atoms with Gasteiger partial charge in [0.2, 0.25) is 0 Å². The molecular weight excluding hydrogens is 322 g/mol. The number of nitrogens with zero attached hydrogens (tertiary/aromatic N) is 3. The van der Waals surface area contributed by atoms with Gasteiger partial charge in [0.1, 0.15) is 10.0 Å². The fourth-order valence-corrected chi connectivity index (χ4v) is 4.98. The maximum Gasteiger partial charge on any atom is 0.135 e. The van der Waals surface area contributed by atoms with Crippen molar-refractivity contribution in [3.05, 3.63) is 22.7 Å². The predicted molar refractivity (Wildman–Crippen MR) is 93.9 cm³/mol. The minimum absolute atomic E-state index is 0.760. The van der Waals surface area contributed by atoms with Crippen molar-refractivity contribution in [1.29, 1.82) is 0 Å². The molecule has 0 amide bonds. The number of anilines is 1. The molecule has 0 spiro atoms. The Balaban J connectivity index is 1.70. The Labute approximate surface area is 139 Å². The molecule has 3 nitrogen and oxygen atoms in total. The van der Waals surface area contributed by atoms with E-state index in [2.05, 4.69) is 28.9 Å². The number of hydrogen-bond acceptors (Lipinski definition) is 5. The van der Waals surface area contributed by atoms with Crippen LogP contribution in [0.15, 0.2) is 17.6 Å². The summed E-state index contributed by atoms with van der Waals surface area (Å²) in [6.45, 7) is 3.46. The minimum Gasteiger partial charge on any atom is -0.362 e. The van der Waals surface area contributed by atoms with Crippen molar-refractivity contribution >= 4 is 39.3 Å². The highest BCUT2D eigenvalue weighted by molar-refractivity contribution is 7.23. The Bertz CT molecular complexity index is 593. The van der Waals surface area contributed by atoms with E-state index in [1.54, 1.807) is 22.7 Å². The summed E-state index contributed by atoms with van der Waals surface area (Å²) in [5.41, 5.74) is 0. The highest BCUT2D eigenvalue weighted by Gasteiger charge is 2.22. The third kappa shape index (κ3) is 3.77. The molecule has 21 heavy (non-hydrogen) atoms. The fraction of sp³-hybridized carbons (Fsp3) is 0.533. The summed E-state index contributed by atoms with van der Waals surface area (Å²) in [5, 5.41) is 5.14. The summed E-state index contributed by atoms with van der Waals surface area (Å²) < 4.78 is 0. The molecule has 1 saturated heterocycles. The van der Waals surface area contributed by atoms with Gasteiger partial charge in [-0.25, -0.2) is 4.98 Å². The van der Waals surface area contributed by atoms with E-state index >= 15 is 0 Å². The number of thiazole rings is 1. The second-order valence-corrected chi connectivity index (χ2v) is 8.21. The van der Waals surface area contributed by atoms with E-state index in [-0.39, 0.29) is 0 Å². The zero-order valence-corrected chi connectivity index (χ0v) is 14.8. The van der Waals surface area contributed by atoms with Gasteiger partial charge in [-0.1, -0.05) is 22.9 Å². The van der Waals surface area contributed by atoms with Crippen LogP contribution in [-0.4, -0.2) is 43.6 Å². The fourth-order valence-electron chi connectivity index (χ4n) is 2.88. The van der Waals surface area contributed by atoms with Gasteiger partial charge in [-0.05, 0) is 38.9 Å². The van der Waals surface area contributed by atoms with Crippen LogP contribution in [0.4, 0.5) is 5.00 Å². The first kappa shape index (κ1) is 15.3. The third-order valence-electron chi connectivity index (χ3n) is 3.73. The van der Waals surface area contributed by atoms with E-state index in [0.717, 1.165) is 33.9 Å². The maximum atomic E-state index is 6.01. The Morgan fingerprint density at radius 2 is 2.33 bits per heavy atom. The lowest BCUT2D eigenvalue weighted by Gasteiger charge is -2.34. The van der Waals surface area contributed by atoms with E-state index < -0.39 is 0 Å². The second-order valence-electron chi connectivity index (χ2n) is 5.85. The van der Waals surface area contributed by atoms with E-state index in [9.17, 15) is 0 Å². The topological polar surface area (TPSA) is 19.4 Å². The van der Waals surface area contributed by atoms with Crippen LogP contribution in [0, 0.1) is 5.92 Å². The normalized spacial score (nSPS) is 19.4. The van der Waals surface area contributed by atoms with Gasteiger partial charge in [-0.3, -0.25) is 0 Å². The Morgan fingerprint density at radius 3 is 3.05 bits per heavy atom. The molecule has 1 aliphatic heterocycles. The number of halogens is 1. The second kappa shape index (κ2) is 6.65. The molecule has 2 aromatic rings. The molecule has 3 heterocycles. The lowest BCUT2D eigenvalue weighted by molar-refractivity contribution is 0.292. The van der Waals surface area contributed by atoms with Crippen LogP contribution in [0.3, 0.4) is 0 Å². The van der Waals surface area contributed by atoms with Crippen molar-refractivity contribution in [2.24, 2.45) is 5.92 Å². The van der Waals surface area contributed by atoms with Crippen LogP contribution >= 0.6 is 34.3 Å². The Morgan fingerprint density at radius 1 is 1.48 bits per heavy atom. The van der Waals surface area contributed by atoms with Gasteiger partial charge in [0.15, 0.2) is 0 Å². The third-order valence-corrected chi connectivity index (χ3v) is 6.23. The van der Waals surface area contributed by atoms with Crippen molar-refractivity contribution in [1.82, 2.24) is 9.88 Å². The summed E-state index contributed by atoms with van der Waals surface area (Å²) in [6, 6.07) is 2.00.